The first-order valence-corrected chi connectivity index (χ1v) is 9.26. The molecule has 0 aliphatic carbocycles. The number of halogens is 2. The van der Waals surface area contributed by atoms with Gasteiger partial charge in [-0.1, -0.05) is 28.1 Å². The molecule has 9 heteroatoms. The summed E-state index contributed by atoms with van der Waals surface area (Å²) in [6, 6.07) is 11.0. The molecule has 3 N–H and O–H groups in total. The highest BCUT2D eigenvalue weighted by Crippen LogP contribution is 2.21. The Labute approximate surface area is 175 Å². The van der Waals surface area contributed by atoms with Crippen LogP contribution in [0.15, 0.2) is 53.0 Å². The highest BCUT2D eigenvalue weighted by Gasteiger charge is 2.06. The van der Waals surface area contributed by atoms with Crippen LogP contribution in [0.4, 0.5) is 4.39 Å². The molecular formula is C19H17BrFN3O3S. The van der Waals surface area contributed by atoms with Crippen LogP contribution in [-0.2, 0) is 9.59 Å². The number of nitrogens with one attached hydrogen (secondary N) is 3. The normalized spacial score (nSPS) is 10.4. The van der Waals surface area contributed by atoms with Crippen molar-refractivity contribution in [2.75, 3.05) is 6.61 Å². The van der Waals surface area contributed by atoms with E-state index in [9.17, 15) is 14.0 Å². The Kier molecular flexibility index (Phi) is 8.09. The van der Waals surface area contributed by atoms with Gasteiger partial charge in [0.15, 0.2) is 11.7 Å². The van der Waals surface area contributed by atoms with Crippen LogP contribution in [0.3, 0.4) is 0 Å². The predicted octanol–water partition coefficient (Wildman–Crippen LogP) is 3.01. The molecule has 0 aliphatic heterocycles. The van der Waals surface area contributed by atoms with E-state index in [1.54, 1.807) is 12.1 Å². The molecule has 0 unspecified atom stereocenters. The Morgan fingerprint density at radius 2 is 1.89 bits per heavy atom. The summed E-state index contributed by atoms with van der Waals surface area (Å²) in [7, 11) is 0. The third-order valence-electron chi connectivity index (χ3n) is 3.35. The summed E-state index contributed by atoms with van der Waals surface area (Å²) in [4.78, 5) is 23.5. The summed E-state index contributed by atoms with van der Waals surface area (Å²) in [6.45, 7) is 1.68. The van der Waals surface area contributed by atoms with Crippen molar-refractivity contribution in [1.29, 1.82) is 0 Å². The second kappa shape index (κ2) is 10.5. The summed E-state index contributed by atoms with van der Waals surface area (Å²) >= 11 is 8.30. The van der Waals surface area contributed by atoms with E-state index in [1.165, 1.54) is 36.4 Å². The van der Waals surface area contributed by atoms with Crippen LogP contribution in [0.2, 0.25) is 0 Å². The van der Waals surface area contributed by atoms with Crippen LogP contribution in [0.1, 0.15) is 11.1 Å². The second-order valence-corrected chi connectivity index (χ2v) is 6.84. The number of carbonyl (C=O) groups excluding carboxylic acids is 2. The van der Waals surface area contributed by atoms with E-state index in [-0.39, 0.29) is 17.5 Å². The maximum absolute atomic E-state index is 12.8. The smallest absolute Gasteiger partial charge is 0.276 e. The lowest BCUT2D eigenvalue weighted by molar-refractivity contribution is -0.123. The topological polar surface area (TPSA) is 79.5 Å². The molecule has 146 valence electrons. The third kappa shape index (κ3) is 7.45. The fraction of sp³-hybridized carbons (Fsp3) is 0.105. The third-order valence-corrected chi connectivity index (χ3v) is 4.44. The molecular weight excluding hydrogens is 449 g/mol. The van der Waals surface area contributed by atoms with Crippen LogP contribution in [0.25, 0.3) is 6.08 Å². The van der Waals surface area contributed by atoms with Crippen LogP contribution in [-0.4, -0.2) is 23.5 Å². The quantitative estimate of drug-likeness (QED) is 0.359. The largest absolute Gasteiger partial charge is 0.484 e. The van der Waals surface area contributed by atoms with Crippen LogP contribution >= 0.6 is 28.1 Å². The van der Waals surface area contributed by atoms with Crippen LogP contribution in [0, 0.1) is 12.7 Å². The fourth-order valence-electron chi connectivity index (χ4n) is 1.95. The monoisotopic (exact) mass is 465 g/mol. The van der Waals surface area contributed by atoms with Gasteiger partial charge in [0.05, 0.1) is 0 Å². The van der Waals surface area contributed by atoms with Gasteiger partial charge in [0.1, 0.15) is 11.6 Å². The minimum absolute atomic E-state index is 0.0819. The first kappa shape index (κ1) is 21.5. The first-order chi connectivity index (χ1) is 13.3. The molecule has 2 aromatic rings. The number of hydrogen-bond acceptors (Lipinski definition) is 4. The average molecular weight is 466 g/mol. The molecule has 0 spiro atoms. The van der Waals surface area contributed by atoms with Crippen molar-refractivity contribution in [3.8, 4) is 5.75 Å². The van der Waals surface area contributed by atoms with Crippen molar-refractivity contribution in [1.82, 2.24) is 16.2 Å². The number of hydrogen-bond donors (Lipinski definition) is 3. The minimum atomic E-state index is -0.502. The van der Waals surface area contributed by atoms with Gasteiger partial charge in [0.2, 0.25) is 5.91 Å². The maximum atomic E-state index is 12.8. The predicted molar refractivity (Wildman–Crippen MR) is 112 cm³/mol. The molecule has 0 atom stereocenters. The molecule has 2 aromatic carbocycles. The second-order valence-electron chi connectivity index (χ2n) is 5.58. The number of benzene rings is 2. The number of hydrazine groups is 1. The molecule has 0 heterocycles. The van der Waals surface area contributed by atoms with Crippen molar-refractivity contribution in [3.05, 3.63) is 70.0 Å². The zero-order valence-corrected chi connectivity index (χ0v) is 17.2. The summed E-state index contributed by atoms with van der Waals surface area (Å²) in [5.74, 6) is -0.781. The van der Waals surface area contributed by atoms with E-state index in [4.69, 9.17) is 17.0 Å². The van der Waals surface area contributed by atoms with Crippen molar-refractivity contribution >= 4 is 51.2 Å². The van der Waals surface area contributed by atoms with E-state index < -0.39 is 11.8 Å². The Morgan fingerprint density at radius 1 is 1.18 bits per heavy atom. The Bertz CT molecular complexity index is 904. The zero-order valence-electron chi connectivity index (χ0n) is 14.8. The van der Waals surface area contributed by atoms with E-state index in [1.807, 2.05) is 13.0 Å². The lowest BCUT2D eigenvalue weighted by atomic mass is 10.2. The minimum Gasteiger partial charge on any atom is -0.484 e. The number of aryl methyl sites for hydroxylation is 1. The number of ether oxygens (including phenoxy) is 1. The lowest BCUT2D eigenvalue weighted by Gasteiger charge is -2.11. The summed E-state index contributed by atoms with van der Waals surface area (Å²) < 4.78 is 19.1. The van der Waals surface area contributed by atoms with E-state index in [2.05, 4.69) is 32.1 Å². The molecule has 6 nitrogen and oxygen atoms in total. The summed E-state index contributed by atoms with van der Waals surface area (Å²) in [5, 5.41) is 2.28. The first-order valence-electron chi connectivity index (χ1n) is 8.06. The average Bonchev–Trinajstić information content (AvgIpc) is 2.67. The van der Waals surface area contributed by atoms with Gasteiger partial charge in [0, 0.05) is 10.5 Å². The van der Waals surface area contributed by atoms with Crippen LogP contribution in [0.5, 0.6) is 5.75 Å². The molecule has 28 heavy (non-hydrogen) atoms. The van der Waals surface area contributed by atoms with Gasteiger partial charge in [-0.3, -0.25) is 25.8 Å². The molecule has 0 fully saturated rings. The van der Waals surface area contributed by atoms with E-state index in [0.29, 0.717) is 11.3 Å². The summed E-state index contributed by atoms with van der Waals surface area (Å²) in [5.41, 5.74) is 6.36. The molecule has 0 aliphatic rings. The van der Waals surface area contributed by atoms with Gasteiger partial charge in [-0.05, 0) is 66.7 Å². The van der Waals surface area contributed by atoms with Crippen molar-refractivity contribution < 1.29 is 18.7 Å². The SMILES string of the molecule is Cc1cc(OCC(=O)NNC(=S)NC(=O)/C=C/c2ccc(F)cc2)ccc1Br. The van der Waals surface area contributed by atoms with Gasteiger partial charge in [-0.15, -0.1) is 0 Å². The number of rotatable bonds is 5. The lowest BCUT2D eigenvalue weighted by Crippen LogP contribution is -2.49. The number of amides is 2. The molecule has 0 bridgehead atoms. The highest BCUT2D eigenvalue weighted by molar-refractivity contribution is 9.10. The Hall–Kier alpha value is -2.78. The highest BCUT2D eigenvalue weighted by atomic mass is 79.9. The number of carbonyl (C=O) groups is 2. The molecule has 0 saturated heterocycles. The Morgan fingerprint density at radius 3 is 2.57 bits per heavy atom. The molecule has 0 aromatic heterocycles. The van der Waals surface area contributed by atoms with Gasteiger partial charge in [0.25, 0.3) is 5.91 Å². The van der Waals surface area contributed by atoms with Crippen molar-refractivity contribution in [2.45, 2.75) is 6.92 Å². The van der Waals surface area contributed by atoms with Crippen LogP contribution < -0.4 is 20.9 Å². The van der Waals surface area contributed by atoms with Gasteiger partial charge >= 0.3 is 0 Å². The fourth-order valence-corrected chi connectivity index (χ4v) is 2.35. The van der Waals surface area contributed by atoms with Gasteiger partial charge < -0.3 is 4.74 Å². The molecule has 2 amide bonds. The van der Waals surface area contributed by atoms with Gasteiger partial charge in [-0.2, -0.15) is 0 Å². The van der Waals surface area contributed by atoms with E-state index in [0.717, 1.165) is 10.0 Å². The summed E-state index contributed by atoms with van der Waals surface area (Å²) in [6.07, 6.45) is 2.74. The zero-order chi connectivity index (χ0) is 20.5. The maximum Gasteiger partial charge on any atom is 0.276 e. The molecule has 2 rings (SSSR count). The molecule has 0 saturated carbocycles. The van der Waals surface area contributed by atoms with Crippen molar-refractivity contribution in [2.24, 2.45) is 0 Å². The van der Waals surface area contributed by atoms with Crippen molar-refractivity contribution in [3.63, 3.8) is 0 Å². The number of thiocarbonyl (C=S) groups is 1. The molecule has 0 radical (unpaired) electrons. The van der Waals surface area contributed by atoms with Gasteiger partial charge in [-0.25, -0.2) is 4.39 Å². The standard InChI is InChI=1S/C19H17BrFN3O3S/c1-12-10-15(7-8-16(12)20)27-11-18(26)23-24-19(28)22-17(25)9-4-13-2-5-14(21)6-3-13/h2-10H,11H2,1H3,(H,23,26)(H2,22,24,25,28)/b9-4+. The van der Waals surface area contributed by atoms with E-state index >= 15 is 0 Å². The Balaban J connectivity index is 1.70.